The molecule has 1 amide bonds. The van der Waals surface area contributed by atoms with Gasteiger partial charge in [0.2, 0.25) is 0 Å². The van der Waals surface area contributed by atoms with Crippen LogP contribution in [-0.2, 0) is 19.4 Å². The van der Waals surface area contributed by atoms with Gasteiger partial charge in [0.05, 0.1) is 10.9 Å². The number of aromatic nitrogens is 1. The van der Waals surface area contributed by atoms with Gasteiger partial charge in [-0.05, 0) is 182 Å². The summed E-state index contributed by atoms with van der Waals surface area (Å²) in [5, 5.41) is 14.1. The summed E-state index contributed by atoms with van der Waals surface area (Å²) >= 11 is 5.44. The largest absolute Gasteiger partial charge is 0.478 e. The summed E-state index contributed by atoms with van der Waals surface area (Å²) in [7, 11) is 2.18. The van der Waals surface area contributed by atoms with Gasteiger partial charge in [-0.3, -0.25) is 10.6 Å². The number of rotatable bonds is 8. The monoisotopic (exact) mass is 848 g/mol. The number of amides is 1. The maximum atomic E-state index is 12.9. The second-order valence-electron chi connectivity index (χ2n) is 11.5. The third kappa shape index (κ3) is 21.0. The molecule has 0 bridgehead atoms. The predicted molar refractivity (Wildman–Crippen MR) is 266 cm³/mol. The summed E-state index contributed by atoms with van der Waals surface area (Å²) < 4.78 is -0.0453. The third-order valence-corrected chi connectivity index (χ3v) is 8.43. The van der Waals surface area contributed by atoms with Gasteiger partial charge in [0.15, 0.2) is 5.22 Å². The molecule has 0 saturated carbocycles. The van der Waals surface area contributed by atoms with Crippen molar-refractivity contribution in [2.24, 2.45) is 22.2 Å². The number of anilines is 2. The predicted octanol–water partition coefficient (Wildman–Crippen LogP) is 6.47. The lowest BCUT2D eigenvalue weighted by Crippen LogP contribution is -2.33. The van der Waals surface area contributed by atoms with Crippen LogP contribution in [0.4, 0.5) is 11.5 Å². The number of hydrogen-bond donors (Lipinski definition) is 5. The minimum absolute atomic E-state index is 0. The van der Waals surface area contributed by atoms with Gasteiger partial charge >= 0.3 is 0 Å². The van der Waals surface area contributed by atoms with Crippen molar-refractivity contribution < 1.29 is 26.2 Å². The van der Waals surface area contributed by atoms with E-state index in [-0.39, 0.29) is 27.3 Å². The summed E-state index contributed by atoms with van der Waals surface area (Å²) in [5.41, 5.74) is 9.63. The Hall–Kier alpha value is -8.46. The van der Waals surface area contributed by atoms with Crippen LogP contribution in [0.25, 0.3) is 10.8 Å². The van der Waals surface area contributed by atoms with Crippen LogP contribution in [-0.4, -0.2) is 46.7 Å². The normalized spacial score (nSPS) is 10.2. The molecule has 1 saturated heterocycles. The molecule has 12 nitrogen and oxygen atoms in total. The van der Waals surface area contributed by atoms with Crippen LogP contribution in [0.15, 0.2) is 47.0 Å². The standard InChI is InChI=1S/C23H29N5OS.C23H4.H3N5OS.12H2/c1-15-11-20(26-13-16-6-9-28(2)10-7-16)21(30-15)23(29)27-14-17-3-4-19-18(12-17)5-8-25-22(19)24;1-3-5-7-9-11-13-15-17-19-21-23-22-20-18-16-14-12-10-8-6-4-2;1-2-3-4-5(6)7;;;;;;;;;;;;/h3-5,8,11-12,16,26H,6-7,9-10,13-14H2,1-2H3,(H2,24,25)(H,27,29);1H,2H3;(H2,1,3)(H,2,4,6,7);12*1H. The quantitative estimate of drug-likeness (QED) is 0.0427. The molecule has 0 radical (unpaired) electrons. The van der Waals surface area contributed by atoms with Crippen LogP contribution >= 0.6 is 11.3 Å². The molecule has 1 aromatic carbocycles. The number of piperidine rings is 1. The van der Waals surface area contributed by atoms with Crippen molar-refractivity contribution in [3.63, 3.8) is 0 Å². The first-order chi connectivity index (χ1) is 29.2. The summed E-state index contributed by atoms with van der Waals surface area (Å²) in [6.45, 7) is 7.43. The molecule has 1 fully saturated rings. The van der Waals surface area contributed by atoms with Crippen LogP contribution in [0.3, 0.4) is 0 Å². The number of nitrogens with two attached hydrogens (primary N) is 2. The van der Waals surface area contributed by atoms with Crippen LogP contribution in [0.5, 0.6) is 0 Å². The zero-order valence-electron chi connectivity index (χ0n) is 32.9. The van der Waals surface area contributed by atoms with Crippen molar-refractivity contribution in [2.45, 2.75) is 33.2 Å². The highest BCUT2D eigenvalue weighted by atomic mass is 32.1. The Morgan fingerprint density at radius 1 is 0.933 bits per heavy atom. The number of nitrogens with one attached hydrogen (secondary N) is 3. The van der Waals surface area contributed by atoms with Crippen LogP contribution in [0, 0.1) is 149 Å². The van der Waals surface area contributed by atoms with Crippen molar-refractivity contribution in [1.82, 2.24) is 20.7 Å². The maximum absolute atomic E-state index is 12.9. The molecule has 60 heavy (non-hydrogen) atoms. The van der Waals surface area contributed by atoms with Gasteiger partial charge in [0, 0.05) is 70.4 Å². The van der Waals surface area contributed by atoms with Crippen molar-refractivity contribution in [3.05, 3.63) is 56.8 Å². The zero-order chi connectivity index (χ0) is 43.6. The van der Waals surface area contributed by atoms with Crippen LogP contribution < -0.4 is 27.7 Å². The van der Waals surface area contributed by atoms with E-state index in [9.17, 15) is 9.70 Å². The first-order valence-electron chi connectivity index (χ1n) is 17.5. The smallest absolute Gasteiger partial charge is 0.263 e. The molecule has 0 atom stereocenters. The van der Waals surface area contributed by atoms with E-state index in [0.717, 1.165) is 51.4 Å². The van der Waals surface area contributed by atoms with Crippen molar-refractivity contribution >= 4 is 52.3 Å². The molecular formula is C46H60N10O2S2. The fourth-order valence-electron chi connectivity index (χ4n) is 4.65. The highest BCUT2D eigenvalue weighted by Gasteiger charge is 2.19. The van der Waals surface area contributed by atoms with E-state index >= 15 is 0 Å². The van der Waals surface area contributed by atoms with E-state index in [0.29, 0.717) is 18.3 Å². The number of terminal acetylenes is 1. The van der Waals surface area contributed by atoms with Gasteiger partial charge in [0.25, 0.3) is 5.91 Å². The first-order valence-corrected chi connectivity index (χ1v) is 18.7. The third-order valence-electron chi connectivity index (χ3n) is 7.30. The van der Waals surface area contributed by atoms with E-state index in [1.165, 1.54) is 12.8 Å². The highest BCUT2D eigenvalue weighted by molar-refractivity contribution is 7.51. The molecule has 0 spiro atoms. The van der Waals surface area contributed by atoms with Gasteiger partial charge in [-0.1, -0.05) is 27.2 Å². The van der Waals surface area contributed by atoms with E-state index in [4.69, 9.17) is 12.2 Å². The molecule has 318 valence electrons. The van der Waals surface area contributed by atoms with Gasteiger partial charge in [-0.2, -0.15) is 0 Å². The number of benzene rings is 1. The minimum Gasteiger partial charge on any atom is -0.478 e. The van der Waals surface area contributed by atoms with Crippen molar-refractivity contribution in [1.29, 1.82) is 0 Å². The number of aryl methyl sites for hydroxylation is 1. The lowest BCUT2D eigenvalue weighted by Gasteiger charge is -2.29. The first kappa shape index (κ1) is 47.7. The SMILES string of the molecule is C#CC#CC#CC#CC#CC#CC#CC#CC#CC#CC#CC.Cc1cc(NCC2CCN(C)CC2)c(C(=O)NCc2ccc3c(N)nccc3c2)s1.NN=NN[N+](=O)[S-].[HH].[HH].[HH].[HH].[HH].[HH].[HH].[HH].[HH].[HH].[HH].[HH]. The zero-order valence-corrected chi connectivity index (χ0v) is 34.5. The number of nitroso groups, excluding NO2 is 1. The molecule has 14 heteroatoms. The van der Waals surface area contributed by atoms with Crippen LogP contribution in [0.2, 0.25) is 0 Å². The van der Waals surface area contributed by atoms with E-state index in [2.05, 4.69) is 187 Å². The number of likely N-dealkylation sites (tertiary alicyclic amines) is 1. The molecule has 1 aliphatic rings. The second kappa shape index (κ2) is 29.8. The Balaban J connectivity index is -0.0000000899. The summed E-state index contributed by atoms with van der Waals surface area (Å²) in [4.78, 5) is 30.9. The number of nitrogen functional groups attached to an aromatic ring is 1. The average Bonchev–Trinajstić information content (AvgIpc) is 3.63. The van der Waals surface area contributed by atoms with E-state index in [1.54, 1.807) is 30.0 Å². The molecule has 0 unspecified atom stereocenters. The number of nitrogens with zero attached hydrogens (tertiary/aromatic N) is 5. The number of hydrogen-bond acceptors (Lipinski definition) is 10. The Morgan fingerprint density at radius 3 is 1.98 bits per heavy atom. The Labute approximate surface area is 379 Å². The van der Waals surface area contributed by atoms with Gasteiger partial charge in [-0.15, -0.1) is 17.8 Å². The Kier molecular flexibility index (Phi) is 23.7. The summed E-state index contributed by atoms with van der Waals surface area (Å²) in [6, 6.07) is 10.0. The number of pyridine rings is 1. The molecule has 3 heterocycles. The molecule has 4 rings (SSSR count). The number of carbonyl (C=O) groups excluding carboxylic acids is 1. The minimum atomic E-state index is -0.0453. The number of hydrazine groups is 1. The van der Waals surface area contributed by atoms with Crippen molar-refractivity contribution in [2.75, 3.05) is 37.7 Å². The average molecular weight is 849 g/mol. The van der Waals surface area contributed by atoms with Crippen LogP contribution in [0.1, 0.15) is 57.0 Å². The summed E-state index contributed by atoms with van der Waals surface area (Å²) in [5.74, 6) is 57.5. The molecule has 1 aliphatic heterocycles. The topological polar surface area (TPSA) is 166 Å². The number of fused-ring (bicyclic) bond motifs is 1. The van der Waals surface area contributed by atoms with Crippen molar-refractivity contribution in [3.8, 4) is 131 Å². The van der Waals surface area contributed by atoms with E-state index < -0.39 is 0 Å². The lowest BCUT2D eigenvalue weighted by atomic mass is 9.97. The molecule has 2 aromatic heterocycles. The van der Waals surface area contributed by atoms with E-state index in [1.807, 2.05) is 31.2 Å². The highest BCUT2D eigenvalue weighted by Crippen LogP contribution is 2.28. The van der Waals surface area contributed by atoms with Gasteiger partial charge in [0.1, 0.15) is 10.7 Å². The molecular weight excluding hydrogens is 789 g/mol. The fourth-order valence-corrected chi connectivity index (χ4v) is 5.59. The molecule has 0 aliphatic carbocycles. The maximum Gasteiger partial charge on any atom is 0.263 e. The second-order valence-corrected chi connectivity index (χ2v) is 13.1. The van der Waals surface area contributed by atoms with Gasteiger partial charge < -0.3 is 34.1 Å². The summed E-state index contributed by atoms with van der Waals surface area (Å²) in [6.07, 6.45) is 9.02. The molecule has 3 aromatic rings. The lowest BCUT2D eigenvalue weighted by molar-refractivity contribution is -0.444. The number of thiophene rings is 1. The Bertz CT molecular complexity index is 2800. The fraction of sp³-hybridized carbons (Fsp3) is 0.217. The van der Waals surface area contributed by atoms with Gasteiger partial charge in [-0.25, -0.2) is 4.98 Å². The Morgan fingerprint density at radius 2 is 1.48 bits per heavy atom. The molecule has 7 N–H and O–H groups in total. The number of carbonyl (C=O) groups is 1.